The fraction of sp³-hybridized carbons (Fsp3) is 0.0385. The van der Waals surface area contributed by atoms with E-state index in [2.05, 4.69) is 18.2 Å². The summed E-state index contributed by atoms with van der Waals surface area (Å²) in [6.45, 7) is 0. The number of aromatic nitrogens is 1. The van der Waals surface area contributed by atoms with Crippen LogP contribution in [0, 0.1) is 0 Å². The molecular weight excluding hydrogens is 456 g/mol. The molecule has 1 atom stereocenters. The van der Waals surface area contributed by atoms with Crippen LogP contribution in [-0.2, 0) is 16.6 Å². The molecular formula is C26H19ClN2OS2. The number of nitrogens with zero attached hydrogens (tertiary/aromatic N) is 1. The van der Waals surface area contributed by atoms with Gasteiger partial charge in [0.25, 0.3) is 0 Å². The van der Waals surface area contributed by atoms with Gasteiger partial charge in [0.2, 0.25) is 0 Å². The van der Waals surface area contributed by atoms with Crippen LogP contribution >= 0.6 is 22.9 Å². The zero-order valence-corrected chi connectivity index (χ0v) is 19.4. The van der Waals surface area contributed by atoms with Crippen molar-refractivity contribution < 1.29 is 4.21 Å². The molecule has 32 heavy (non-hydrogen) atoms. The van der Waals surface area contributed by atoms with Crippen LogP contribution in [0.25, 0.3) is 32.6 Å². The van der Waals surface area contributed by atoms with Crippen molar-refractivity contribution in [2.45, 2.75) is 9.96 Å². The third-order valence-electron chi connectivity index (χ3n) is 5.24. The number of pyridine rings is 1. The minimum atomic E-state index is -1.29. The Morgan fingerprint density at radius 3 is 2.16 bits per heavy atom. The van der Waals surface area contributed by atoms with E-state index in [1.54, 1.807) is 0 Å². The highest BCUT2D eigenvalue weighted by Gasteiger charge is 2.21. The van der Waals surface area contributed by atoms with E-state index in [-0.39, 0.29) is 0 Å². The van der Waals surface area contributed by atoms with Crippen molar-refractivity contribution in [1.29, 1.82) is 0 Å². The quantitative estimate of drug-likeness (QED) is 0.293. The molecule has 0 aliphatic carbocycles. The zero-order chi connectivity index (χ0) is 22.1. The molecule has 0 saturated heterocycles. The average molecular weight is 475 g/mol. The molecule has 5 aromatic rings. The van der Waals surface area contributed by atoms with E-state index >= 15 is 0 Å². The first-order valence-corrected chi connectivity index (χ1v) is 12.6. The molecule has 3 nitrogen and oxygen atoms in total. The van der Waals surface area contributed by atoms with Crippen molar-refractivity contribution in [3.63, 3.8) is 0 Å². The Balaban J connectivity index is 1.66. The third-order valence-corrected chi connectivity index (χ3v) is 8.42. The van der Waals surface area contributed by atoms with Gasteiger partial charge in [0.15, 0.2) is 0 Å². The lowest BCUT2D eigenvalue weighted by molar-refractivity contribution is 0.684. The molecule has 0 bridgehead atoms. The Morgan fingerprint density at radius 2 is 1.50 bits per heavy atom. The summed E-state index contributed by atoms with van der Waals surface area (Å²) in [5.41, 5.74) is 12.0. The van der Waals surface area contributed by atoms with Gasteiger partial charge in [-0.25, -0.2) is 4.98 Å². The number of anilines is 1. The summed E-state index contributed by atoms with van der Waals surface area (Å²) in [5, 5.41) is 1.52. The summed E-state index contributed by atoms with van der Waals surface area (Å²) >= 11 is 7.39. The summed E-state index contributed by atoms with van der Waals surface area (Å²) in [5.74, 6) is 0.375. The fourth-order valence-electron chi connectivity index (χ4n) is 3.67. The molecule has 1 unspecified atom stereocenters. The number of rotatable bonds is 5. The topological polar surface area (TPSA) is 56.0 Å². The Hall–Kier alpha value is -2.99. The van der Waals surface area contributed by atoms with Gasteiger partial charge in [0.05, 0.1) is 27.9 Å². The number of nitrogens with two attached hydrogens (primary N) is 1. The molecule has 5 rings (SSSR count). The van der Waals surface area contributed by atoms with Crippen LogP contribution in [0.1, 0.15) is 5.56 Å². The van der Waals surface area contributed by atoms with Gasteiger partial charge in [-0.15, -0.1) is 11.3 Å². The number of thiophene rings is 1. The molecule has 0 spiro atoms. The summed E-state index contributed by atoms with van der Waals surface area (Å²) in [7, 11) is -1.29. The largest absolute Gasteiger partial charge is 0.396 e. The number of fused-ring (bicyclic) bond motifs is 1. The molecule has 6 heteroatoms. The molecule has 3 aromatic carbocycles. The Labute approximate surface area is 198 Å². The second-order valence-electron chi connectivity index (χ2n) is 7.39. The first-order valence-electron chi connectivity index (χ1n) is 10.1. The number of nitrogen functional groups attached to an aromatic ring is 1. The summed E-state index contributed by atoms with van der Waals surface area (Å²) in [4.78, 5) is 5.69. The molecule has 0 aliphatic heterocycles. The predicted molar refractivity (Wildman–Crippen MR) is 136 cm³/mol. The number of hydrogen-bond donors (Lipinski definition) is 1. The summed E-state index contributed by atoms with van der Waals surface area (Å²) in [6, 6.07) is 29.7. The van der Waals surface area contributed by atoms with Crippen LogP contribution in [0.5, 0.6) is 0 Å². The van der Waals surface area contributed by atoms with Gasteiger partial charge < -0.3 is 5.73 Å². The minimum Gasteiger partial charge on any atom is -0.396 e. The third kappa shape index (κ3) is 4.07. The van der Waals surface area contributed by atoms with E-state index in [4.69, 9.17) is 22.3 Å². The minimum absolute atomic E-state index is 0.375. The SMILES string of the molecule is Nc1c(S(=O)Cc2ccc(Cl)cc2)sc2nc(-c3ccccc3)cc(-c3ccccc3)c12. The van der Waals surface area contributed by atoms with Gasteiger partial charge in [-0.3, -0.25) is 4.21 Å². The van der Waals surface area contributed by atoms with Crippen LogP contribution in [-0.4, -0.2) is 9.19 Å². The smallest absolute Gasteiger partial charge is 0.127 e. The van der Waals surface area contributed by atoms with Crippen LogP contribution in [0.3, 0.4) is 0 Å². The zero-order valence-electron chi connectivity index (χ0n) is 17.0. The van der Waals surface area contributed by atoms with Crippen molar-refractivity contribution in [2.24, 2.45) is 0 Å². The summed E-state index contributed by atoms with van der Waals surface area (Å²) < 4.78 is 13.9. The molecule has 158 valence electrons. The van der Waals surface area contributed by atoms with Crippen LogP contribution < -0.4 is 5.73 Å². The van der Waals surface area contributed by atoms with Crippen LogP contribution in [0.4, 0.5) is 5.69 Å². The molecule has 2 aromatic heterocycles. The first-order chi connectivity index (χ1) is 15.6. The highest BCUT2D eigenvalue weighted by Crippen LogP contribution is 2.43. The van der Waals surface area contributed by atoms with E-state index in [1.165, 1.54) is 11.3 Å². The Morgan fingerprint density at radius 1 is 0.875 bits per heavy atom. The van der Waals surface area contributed by atoms with Gasteiger partial charge in [-0.05, 0) is 34.9 Å². The highest BCUT2D eigenvalue weighted by molar-refractivity contribution is 7.87. The first kappa shape index (κ1) is 20.9. The van der Waals surface area contributed by atoms with E-state index in [9.17, 15) is 4.21 Å². The number of benzene rings is 3. The molecule has 0 fully saturated rings. The van der Waals surface area contributed by atoms with Gasteiger partial charge in [0, 0.05) is 16.0 Å². The van der Waals surface area contributed by atoms with Crippen molar-refractivity contribution in [3.05, 3.63) is 102 Å². The molecule has 0 aliphatic rings. The van der Waals surface area contributed by atoms with Crippen molar-refractivity contribution in [1.82, 2.24) is 4.98 Å². The maximum atomic E-state index is 13.3. The maximum absolute atomic E-state index is 13.3. The average Bonchev–Trinajstić information content (AvgIpc) is 3.17. The standard InChI is InChI=1S/C26H19ClN2OS2/c27-20-13-11-17(12-14-20)16-32(30)26-24(28)23-21(18-7-3-1-4-8-18)15-22(29-25(23)31-26)19-9-5-2-6-10-19/h1-15H,16,28H2. The van der Waals surface area contributed by atoms with E-state index in [0.717, 1.165) is 38.2 Å². The molecule has 0 radical (unpaired) electrons. The molecule has 2 heterocycles. The van der Waals surface area contributed by atoms with Crippen molar-refractivity contribution in [3.8, 4) is 22.4 Å². The van der Waals surface area contributed by atoms with Gasteiger partial charge in [-0.1, -0.05) is 84.4 Å². The normalized spacial score (nSPS) is 12.2. The van der Waals surface area contributed by atoms with Gasteiger partial charge in [-0.2, -0.15) is 0 Å². The molecule has 0 saturated carbocycles. The highest BCUT2D eigenvalue weighted by atomic mass is 35.5. The van der Waals surface area contributed by atoms with Gasteiger partial charge >= 0.3 is 0 Å². The fourth-order valence-corrected chi connectivity index (χ4v) is 6.41. The van der Waals surface area contributed by atoms with Crippen molar-refractivity contribution in [2.75, 3.05) is 5.73 Å². The summed E-state index contributed by atoms with van der Waals surface area (Å²) in [6.07, 6.45) is 0. The lowest BCUT2D eigenvalue weighted by Gasteiger charge is -2.09. The van der Waals surface area contributed by atoms with E-state index in [0.29, 0.717) is 20.7 Å². The second kappa shape index (κ2) is 8.87. The second-order valence-corrected chi connectivity index (χ2v) is 10.5. The number of halogens is 1. The lowest BCUT2D eigenvalue weighted by atomic mass is 10.00. The van der Waals surface area contributed by atoms with Crippen LogP contribution in [0.2, 0.25) is 5.02 Å². The molecule has 0 amide bonds. The lowest BCUT2D eigenvalue weighted by Crippen LogP contribution is -1.98. The van der Waals surface area contributed by atoms with Crippen LogP contribution in [0.15, 0.2) is 95.2 Å². The predicted octanol–water partition coefficient (Wildman–Crippen LogP) is 7.17. The monoisotopic (exact) mass is 474 g/mol. The van der Waals surface area contributed by atoms with E-state index < -0.39 is 10.8 Å². The maximum Gasteiger partial charge on any atom is 0.127 e. The number of hydrogen-bond acceptors (Lipinski definition) is 4. The molecule has 2 N–H and O–H groups in total. The van der Waals surface area contributed by atoms with Gasteiger partial charge in [0.1, 0.15) is 9.04 Å². The van der Waals surface area contributed by atoms with E-state index in [1.807, 2.05) is 72.8 Å². The van der Waals surface area contributed by atoms with Crippen molar-refractivity contribution >= 4 is 49.6 Å². The Bertz CT molecular complexity index is 1420. The Kier molecular flexibility index (Phi) is 5.79.